The van der Waals surface area contributed by atoms with E-state index in [1.54, 1.807) is 0 Å². The molecule has 2 saturated carbocycles. The number of hydrogen-bond donors (Lipinski definition) is 0. The van der Waals surface area contributed by atoms with Crippen LogP contribution in [0, 0.1) is 23.2 Å². The van der Waals surface area contributed by atoms with E-state index < -0.39 is 0 Å². The average molecular weight is 472 g/mol. The summed E-state index contributed by atoms with van der Waals surface area (Å²) >= 11 is 0. The zero-order valence-corrected chi connectivity index (χ0v) is 21.4. The first-order valence-electron chi connectivity index (χ1n) is 14.1. The van der Waals surface area contributed by atoms with Crippen molar-refractivity contribution < 1.29 is 0 Å². The van der Waals surface area contributed by atoms with Crippen LogP contribution in [0.2, 0.25) is 0 Å². The normalized spacial score (nSPS) is 32.9. The van der Waals surface area contributed by atoms with Crippen LogP contribution in [-0.4, -0.2) is 12.1 Å². The van der Waals surface area contributed by atoms with Crippen molar-refractivity contribution in [1.82, 2.24) is 0 Å². The number of anilines is 1. The maximum atomic E-state index is 2.90. The zero-order chi connectivity index (χ0) is 24.1. The highest BCUT2D eigenvalue weighted by Gasteiger charge is 2.60. The molecule has 3 fully saturated rings. The maximum absolute atomic E-state index is 2.90. The van der Waals surface area contributed by atoms with Gasteiger partial charge in [0.2, 0.25) is 0 Å². The van der Waals surface area contributed by atoms with Crippen molar-refractivity contribution in [2.75, 3.05) is 4.90 Å². The van der Waals surface area contributed by atoms with Gasteiger partial charge < -0.3 is 4.90 Å². The lowest BCUT2D eigenvalue weighted by Crippen LogP contribution is -2.44. The minimum atomic E-state index is 0.396. The second-order valence-corrected chi connectivity index (χ2v) is 11.8. The van der Waals surface area contributed by atoms with Gasteiger partial charge in [-0.1, -0.05) is 111 Å². The highest BCUT2D eigenvalue weighted by atomic mass is 15.2. The molecule has 0 spiro atoms. The molecular formula is C35H37N. The van der Waals surface area contributed by atoms with E-state index in [0.717, 1.165) is 5.92 Å². The molecule has 0 N–H and O–H groups in total. The summed E-state index contributed by atoms with van der Waals surface area (Å²) in [5.74, 6) is 2.07. The largest absolute Gasteiger partial charge is 0.365 e. The minimum absolute atomic E-state index is 0.396. The molecule has 6 atom stereocenters. The third kappa shape index (κ3) is 3.51. The molecule has 3 aromatic rings. The van der Waals surface area contributed by atoms with Crippen molar-refractivity contribution in [3.05, 3.63) is 109 Å². The Labute approximate surface area is 216 Å². The summed E-state index contributed by atoms with van der Waals surface area (Å²) in [4.78, 5) is 2.90. The van der Waals surface area contributed by atoms with E-state index in [-0.39, 0.29) is 0 Å². The number of rotatable bonds is 3. The smallest absolute Gasteiger partial charge is 0.0371 e. The van der Waals surface area contributed by atoms with Crippen LogP contribution in [0.3, 0.4) is 0 Å². The van der Waals surface area contributed by atoms with E-state index in [0.29, 0.717) is 29.3 Å². The van der Waals surface area contributed by atoms with Gasteiger partial charge in [0.1, 0.15) is 0 Å². The summed E-state index contributed by atoms with van der Waals surface area (Å²) in [5.41, 5.74) is 7.25. The van der Waals surface area contributed by atoms with E-state index in [1.165, 1.54) is 66.5 Å². The Bertz CT molecular complexity index is 1270. The van der Waals surface area contributed by atoms with E-state index >= 15 is 0 Å². The van der Waals surface area contributed by atoms with E-state index in [4.69, 9.17) is 0 Å². The predicted octanol–water partition coefficient (Wildman–Crippen LogP) is 8.79. The summed E-state index contributed by atoms with van der Waals surface area (Å²) in [6, 6.07) is 32.6. The van der Waals surface area contributed by atoms with Gasteiger partial charge in [0.25, 0.3) is 0 Å². The van der Waals surface area contributed by atoms with Crippen LogP contribution in [0.5, 0.6) is 0 Å². The van der Waals surface area contributed by atoms with Gasteiger partial charge in [-0.25, -0.2) is 0 Å². The summed E-state index contributed by atoms with van der Waals surface area (Å²) in [5, 5.41) is 0. The molecule has 0 bridgehead atoms. The topological polar surface area (TPSA) is 3.24 Å². The summed E-state index contributed by atoms with van der Waals surface area (Å²) in [6.45, 7) is 2.65. The van der Waals surface area contributed by atoms with E-state index in [1.807, 2.05) is 0 Å². The van der Waals surface area contributed by atoms with Crippen LogP contribution in [0.25, 0.3) is 16.7 Å². The van der Waals surface area contributed by atoms with Crippen LogP contribution in [-0.2, 0) is 0 Å². The Morgan fingerprint density at radius 2 is 1.42 bits per heavy atom. The Kier molecular flexibility index (Phi) is 5.42. The van der Waals surface area contributed by atoms with Crippen molar-refractivity contribution in [3.63, 3.8) is 0 Å². The Morgan fingerprint density at radius 3 is 2.17 bits per heavy atom. The number of benzene rings is 3. The van der Waals surface area contributed by atoms with Gasteiger partial charge >= 0.3 is 0 Å². The fourth-order valence-electron chi connectivity index (χ4n) is 8.47. The van der Waals surface area contributed by atoms with Gasteiger partial charge in [0.05, 0.1) is 0 Å². The Hall–Kier alpha value is -3.06. The lowest BCUT2D eigenvalue weighted by atomic mass is 9.56. The Balaban J connectivity index is 1.23. The fraction of sp³-hybridized carbons (Fsp3) is 0.371. The van der Waals surface area contributed by atoms with Crippen molar-refractivity contribution in [3.8, 4) is 11.1 Å². The zero-order valence-electron chi connectivity index (χ0n) is 21.4. The van der Waals surface area contributed by atoms with Gasteiger partial charge in [-0.15, -0.1) is 0 Å². The third-order valence-corrected chi connectivity index (χ3v) is 10.0. The molecule has 1 heterocycles. The van der Waals surface area contributed by atoms with Gasteiger partial charge in [-0.2, -0.15) is 0 Å². The van der Waals surface area contributed by atoms with Gasteiger partial charge in [-0.3, -0.25) is 0 Å². The molecule has 6 unspecified atom stereocenters. The van der Waals surface area contributed by atoms with Gasteiger partial charge in [0, 0.05) is 17.8 Å². The van der Waals surface area contributed by atoms with E-state index in [9.17, 15) is 0 Å². The number of fused-ring (bicyclic) bond motifs is 5. The van der Waals surface area contributed by atoms with E-state index in [2.05, 4.69) is 115 Å². The van der Waals surface area contributed by atoms with Crippen LogP contribution >= 0.6 is 0 Å². The number of allylic oxidation sites excluding steroid dienone is 4. The second-order valence-electron chi connectivity index (χ2n) is 11.8. The molecule has 7 rings (SSSR count). The molecule has 1 aliphatic heterocycles. The predicted molar refractivity (Wildman–Crippen MR) is 152 cm³/mol. The monoisotopic (exact) mass is 471 g/mol. The lowest BCUT2D eigenvalue weighted by Gasteiger charge is -2.47. The molecule has 0 aromatic heterocycles. The molecule has 3 aliphatic carbocycles. The van der Waals surface area contributed by atoms with Crippen LogP contribution < -0.4 is 4.90 Å². The SMILES string of the molecule is CC12CCCCC1N(c1ccc(-c3ccccc3)cc1)C1CCC3C=C(c4ccccc4)C=CC3C12. The van der Waals surface area contributed by atoms with Crippen LogP contribution in [0.15, 0.2) is 103 Å². The number of nitrogens with zero attached hydrogens (tertiary/aromatic N) is 1. The molecular weight excluding hydrogens is 434 g/mol. The minimum Gasteiger partial charge on any atom is -0.365 e. The third-order valence-electron chi connectivity index (χ3n) is 10.0. The van der Waals surface area contributed by atoms with Crippen molar-refractivity contribution >= 4 is 11.3 Å². The molecule has 1 nitrogen and oxygen atoms in total. The molecule has 182 valence electrons. The average Bonchev–Trinajstić information content (AvgIpc) is 3.22. The molecule has 3 aromatic carbocycles. The molecule has 1 heteroatoms. The van der Waals surface area contributed by atoms with Crippen molar-refractivity contribution in [2.24, 2.45) is 23.2 Å². The molecule has 0 amide bonds. The molecule has 0 radical (unpaired) electrons. The first-order valence-corrected chi connectivity index (χ1v) is 14.1. The van der Waals surface area contributed by atoms with Crippen LogP contribution in [0.1, 0.15) is 51.0 Å². The summed E-state index contributed by atoms with van der Waals surface area (Å²) < 4.78 is 0. The first kappa shape index (κ1) is 22.2. The molecule has 4 aliphatic rings. The summed E-state index contributed by atoms with van der Waals surface area (Å²) in [6.07, 6.45) is 15.8. The highest BCUT2D eigenvalue weighted by molar-refractivity contribution is 5.75. The van der Waals surface area contributed by atoms with Crippen LogP contribution in [0.4, 0.5) is 5.69 Å². The summed E-state index contributed by atoms with van der Waals surface area (Å²) in [7, 11) is 0. The lowest BCUT2D eigenvalue weighted by molar-refractivity contribution is 0.0708. The fourth-order valence-corrected chi connectivity index (χ4v) is 8.47. The quantitative estimate of drug-likeness (QED) is 0.369. The second kappa shape index (κ2) is 8.80. The molecule has 1 saturated heterocycles. The molecule has 36 heavy (non-hydrogen) atoms. The number of hydrogen-bond acceptors (Lipinski definition) is 1. The standard InChI is InChI=1S/C35H37N/c1-35-23-9-8-14-33(35)36(30-19-15-27(16-20-30)25-10-4-2-5-11-25)32-22-18-29-24-28(17-21-31(29)34(32)35)26-12-6-3-7-13-26/h2-7,10-13,15-17,19-21,24,29,31-34H,8-9,14,18,22-23H2,1H3. The van der Waals surface area contributed by atoms with Crippen molar-refractivity contribution in [2.45, 2.75) is 57.5 Å². The van der Waals surface area contributed by atoms with Gasteiger partial charge in [-0.05, 0) is 83.2 Å². The maximum Gasteiger partial charge on any atom is 0.0371 e. The first-order chi connectivity index (χ1) is 17.7. The highest BCUT2D eigenvalue weighted by Crippen LogP contribution is 2.61. The Morgan fingerprint density at radius 1 is 0.722 bits per heavy atom. The van der Waals surface area contributed by atoms with Gasteiger partial charge in [0.15, 0.2) is 0 Å². The van der Waals surface area contributed by atoms with Crippen molar-refractivity contribution in [1.29, 1.82) is 0 Å².